The molecule has 0 saturated carbocycles. The van der Waals surface area contributed by atoms with Crippen LogP contribution in [0.25, 0.3) is 0 Å². The lowest BCUT2D eigenvalue weighted by molar-refractivity contribution is -0.161. The monoisotopic (exact) mass is 672 g/mol. The Bertz CT molecular complexity index is 807. The average molecular weight is 673 g/mol. The number of esters is 2. The van der Waals surface area contributed by atoms with Crippen LogP contribution in [0.15, 0.2) is 24.3 Å². The van der Waals surface area contributed by atoms with Crippen LogP contribution in [0.2, 0.25) is 0 Å². The quantitative estimate of drug-likeness (QED) is 0.0300. The number of allylic oxidation sites excluding steroid dienone is 4. The molecule has 0 fully saturated rings. The minimum atomic E-state index is -4.75. The largest absolute Gasteiger partial charge is 0.469 e. The zero-order valence-corrected chi connectivity index (χ0v) is 30.4. The fraction of sp³-hybridized carbons (Fsp3) is 0.838. The van der Waals surface area contributed by atoms with Gasteiger partial charge in [0.1, 0.15) is 6.61 Å². The molecule has 0 bridgehead atoms. The van der Waals surface area contributed by atoms with E-state index in [1.165, 1.54) is 89.9 Å². The number of carbonyl (C=O) groups excluding carboxylic acids is 2. The maximum atomic E-state index is 12.3. The summed E-state index contributed by atoms with van der Waals surface area (Å²) in [5.74, 6) is -0.919. The Morgan fingerprint density at radius 3 is 1.39 bits per heavy atom. The van der Waals surface area contributed by atoms with E-state index in [1.54, 1.807) is 0 Å². The Hall–Kier alpha value is -1.47. The molecule has 1 atom stereocenters. The normalized spacial score (nSPS) is 12.7. The van der Waals surface area contributed by atoms with Gasteiger partial charge in [-0.2, -0.15) is 0 Å². The van der Waals surface area contributed by atoms with E-state index in [9.17, 15) is 14.2 Å². The highest BCUT2D eigenvalue weighted by Gasteiger charge is 2.22. The SMILES string of the molecule is CCCCCC/C=C/CCCCCCCC(=O)O[C@H](COC(=O)CCCC/C=C/CCCCCCCCCCC)COP(=O)(O)O. The Morgan fingerprint density at radius 2 is 0.913 bits per heavy atom. The zero-order chi connectivity index (χ0) is 34.0. The van der Waals surface area contributed by atoms with Crippen molar-refractivity contribution in [3.8, 4) is 0 Å². The Labute approximate surface area is 281 Å². The number of rotatable bonds is 34. The van der Waals surface area contributed by atoms with Crippen molar-refractivity contribution in [3.63, 3.8) is 0 Å². The summed E-state index contributed by atoms with van der Waals surface area (Å²) in [6, 6.07) is 0. The van der Waals surface area contributed by atoms with Crippen LogP contribution in [0.5, 0.6) is 0 Å². The fourth-order valence-corrected chi connectivity index (χ4v) is 5.49. The van der Waals surface area contributed by atoms with E-state index in [0.29, 0.717) is 12.8 Å². The molecule has 9 heteroatoms. The molecular weight excluding hydrogens is 603 g/mol. The molecule has 0 aliphatic heterocycles. The summed E-state index contributed by atoms with van der Waals surface area (Å²) in [6.45, 7) is 3.63. The van der Waals surface area contributed by atoms with Crippen LogP contribution in [0, 0.1) is 0 Å². The van der Waals surface area contributed by atoms with Crippen LogP contribution < -0.4 is 0 Å². The summed E-state index contributed by atoms with van der Waals surface area (Å²) in [7, 11) is -4.75. The number of phosphoric ester groups is 1. The molecule has 0 spiro atoms. The summed E-state index contributed by atoms with van der Waals surface area (Å²) in [5.41, 5.74) is 0. The first kappa shape index (κ1) is 44.5. The number of hydrogen-bond donors (Lipinski definition) is 2. The first-order valence-corrected chi connectivity index (χ1v) is 20.2. The molecule has 0 rings (SSSR count). The van der Waals surface area contributed by atoms with Gasteiger partial charge in [-0.05, 0) is 64.2 Å². The Balaban J connectivity index is 4.00. The molecule has 0 unspecified atom stereocenters. The third kappa shape index (κ3) is 35.4. The first-order chi connectivity index (χ1) is 22.3. The lowest BCUT2D eigenvalue weighted by Gasteiger charge is -2.18. The van der Waals surface area contributed by atoms with Crippen LogP contribution in [0.3, 0.4) is 0 Å². The molecule has 270 valence electrons. The third-order valence-corrected chi connectivity index (χ3v) is 8.43. The molecule has 0 heterocycles. The summed E-state index contributed by atoms with van der Waals surface area (Å²) >= 11 is 0. The van der Waals surface area contributed by atoms with Crippen LogP contribution >= 0.6 is 7.82 Å². The Morgan fingerprint density at radius 1 is 0.543 bits per heavy atom. The van der Waals surface area contributed by atoms with Gasteiger partial charge in [-0.15, -0.1) is 0 Å². The standard InChI is InChI=1S/C37H69O8P/c1-3-5-7-9-11-13-15-17-18-20-21-23-25-27-29-31-36(38)43-33-35(34-44-46(40,41)42)45-37(39)32-30-28-26-24-22-19-16-14-12-10-8-6-4-2/h14,16,21,23,35H,3-13,15,17-20,22,24-34H2,1-2H3,(H2,40,41,42)/b16-14+,23-21+/t35-/m1/s1. The van der Waals surface area contributed by atoms with Crippen molar-refractivity contribution < 1.29 is 37.9 Å². The van der Waals surface area contributed by atoms with Crippen molar-refractivity contribution in [2.75, 3.05) is 13.2 Å². The number of hydrogen-bond acceptors (Lipinski definition) is 6. The van der Waals surface area contributed by atoms with E-state index in [0.717, 1.165) is 51.4 Å². The minimum Gasteiger partial charge on any atom is -0.462 e. The third-order valence-electron chi connectivity index (χ3n) is 7.94. The molecule has 8 nitrogen and oxygen atoms in total. The predicted octanol–water partition coefficient (Wildman–Crippen LogP) is 10.8. The topological polar surface area (TPSA) is 119 Å². The molecular formula is C37H69O8P. The molecule has 0 radical (unpaired) electrons. The predicted molar refractivity (Wildman–Crippen MR) is 189 cm³/mol. The highest BCUT2D eigenvalue weighted by Crippen LogP contribution is 2.36. The van der Waals surface area contributed by atoms with Gasteiger partial charge in [-0.25, -0.2) is 4.57 Å². The van der Waals surface area contributed by atoms with Gasteiger partial charge in [0.15, 0.2) is 6.10 Å². The molecule has 0 aromatic carbocycles. The second-order valence-electron chi connectivity index (χ2n) is 12.5. The highest BCUT2D eigenvalue weighted by molar-refractivity contribution is 7.46. The van der Waals surface area contributed by atoms with Crippen LogP contribution in [0.4, 0.5) is 0 Å². The molecule has 0 aliphatic carbocycles. The lowest BCUT2D eigenvalue weighted by Crippen LogP contribution is -2.29. The summed E-state index contributed by atoms with van der Waals surface area (Å²) in [6.07, 6.45) is 36.1. The number of unbranched alkanes of at least 4 members (excludes halogenated alkanes) is 20. The number of ether oxygens (including phenoxy) is 2. The van der Waals surface area contributed by atoms with E-state index in [2.05, 4.69) is 42.7 Å². The summed E-state index contributed by atoms with van der Waals surface area (Å²) in [5, 5.41) is 0. The zero-order valence-electron chi connectivity index (χ0n) is 29.5. The van der Waals surface area contributed by atoms with Gasteiger partial charge in [0.05, 0.1) is 6.61 Å². The van der Waals surface area contributed by atoms with E-state index < -0.39 is 32.5 Å². The fourth-order valence-electron chi connectivity index (χ4n) is 5.13. The van der Waals surface area contributed by atoms with Crippen LogP contribution in [-0.4, -0.2) is 41.0 Å². The van der Waals surface area contributed by atoms with Crippen molar-refractivity contribution in [1.82, 2.24) is 0 Å². The van der Waals surface area contributed by atoms with Gasteiger partial charge in [0.2, 0.25) is 0 Å². The van der Waals surface area contributed by atoms with Crippen molar-refractivity contribution in [1.29, 1.82) is 0 Å². The minimum absolute atomic E-state index is 0.199. The molecule has 0 amide bonds. The van der Waals surface area contributed by atoms with Crippen LogP contribution in [0.1, 0.15) is 181 Å². The Kier molecular flexibility index (Phi) is 32.4. The molecule has 46 heavy (non-hydrogen) atoms. The molecule has 2 N–H and O–H groups in total. The van der Waals surface area contributed by atoms with E-state index in [-0.39, 0.29) is 19.4 Å². The van der Waals surface area contributed by atoms with E-state index in [1.807, 2.05) is 0 Å². The molecule has 0 aliphatic rings. The maximum Gasteiger partial charge on any atom is 0.469 e. The summed E-state index contributed by atoms with van der Waals surface area (Å²) < 4.78 is 26.2. The van der Waals surface area contributed by atoms with E-state index in [4.69, 9.17) is 19.3 Å². The van der Waals surface area contributed by atoms with Gasteiger partial charge >= 0.3 is 19.8 Å². The van der Waals surface area contributed by atoms with E-state index >= 15 is 0 Å². The average Bonchev–Trinajstić information content (AvgIpc) is 3.02. The molecule has 0 aromatic rings. The first-order valence-electron chi connectivity index (χ1n) is 18.6. The smallest absolute Gasteiger partial charge is 0.462 e. The highest BCUT2D eigenvalue weighted by atomic mass is 31.2. The van der Waals surface area contributed by atoms with Crippen LogP contribution in [-0.2, 0) is 28.2 Å². The van der Waals surface area contributed by atoms with Crippen molar-refractivity contribution in [3.05, 3.63) is 24.3 Å². The van der Waals surface area contributed by atoms with Gasteiger partial charge in [-0.3, -0.25) is 14.1 Å². The number of carbonyl (C=O) groups is 2. The number of phosphoric acid groups is 1. The van der Waals surface area contributed by atoms with Crippen molar-refractivity contribution >= 4 is 19.8 Å². The summed E-state index contributed by atoms with van der Waals surface area (Å²) in [4.78, 5) is 42.6. The second kappa shape index (κ2) is 33.4. The lowest BCUT2D eigenvalue weighted by atomic mass is 10.1. The van der Waals surface area contributed by atoms with Gasteiger partial charge < -0.3 is 19.3 Å². The maximum absolute atomic E-state index is 12.3. The van der Waals surface area contributed by atoms with Crippen molar-refractivity contribution in [2.45, 2.75) is 187 Å². The van der Waals surface area contributed by atoms with Gasteiger partial charge in [0.25, 0.3) is 0 Å². The molecule has 0 saturated heterocycles. The second-order valence-corrected chi connectivity index (χ2v) is 13.8. The van der Waals surface area contributed by atoms with Crippen molar-refractivity contribution in [2.24, 2.45) is 0 Å². The molecule has 0 aromatic heterocycles. The van der Waals surface area contributed by atoms with Gasteiger partial charge in [-0.1, -0.05) is 128 Å². The van der Waals surface area contributed by atoms with Gasteiger partial charge in [0, 0.05) is 12.8 Å².